The zero-order valence-electron chi connectivity index (χ0n) is 12.9. The Labute approximate surface area is 118 Å². The summed E-state index contributed by atoms with van der Waals surface area (Å²) in [5.41, 5.74) is 0. The average Bonchev–Trinajstić information content (AvgIpc) is 2.81. The number of aliphatic hydroxyl groups is 1. The smallest absolute Gasteiger partial charge is 0.0897 e. The van der Waals surface area contributed by atoms with Crippen LogP contribution in [-0.4, -0.2) is 62.0 Å². The van der Waals surface area contributed by atoms with Crippen LogP contribution in [0.3, 0.4) is 0 Å². The second-order valence-corrected chi connectivity index (χ2v) is 6.36. The average molecular weight is 272 g/mol. The van der Waals surface area contributed by atoms with E-state index in [0.29, 0.717) is 25.0 Å². The van der Waals surface area contributed by atoms with Crippen molar-refractivity contribution in [2.24, 2.45) is 11.8 Å². The van der Waals surface area contributed by atoms with E-state index in [0.717, 1.165) is 13.2 Å². The zero-order valence-corrected chi connectivity index (χ0v) is 12.9. The first-order chi connectivity index (χ1) is 9.08. The molecule has 0 radical (unpaired) electrons. The van der Waals surface area contributed by atoms with Crippen LogP contribution in [0.5, 0.6) is 0 Å². The minimum Gasteiger partial charge on any atom is -0.389 e. The quantitative estimate of drug-likeness (QED) is 0.630. The lowest BCUT2D eigenvalue weighted by Crippen LogP contribution is -2.36. The zero-order chi connectivity index (χ0) is 14.1. The van der Waals surface area contributed by atoms with E-state index in [9.17, 15) is 5.11 Å². The monoisotopic (exact) mass is 272 g/mol. The molecule has 4 heteroatoms. The number of nitrogens with zero attached hydrogens (tertiary/aromatic N) is 1. The Kier molecular flexibility index (Phi) is 8.62. The van der Waals surface area contributed by atoms with Gasteiger partial charge < -0.3 is 20.1 Å². The summed E-state index contributed by atoms with van der Waals surface area (Å²) in [6.07, 6.45) is 2.32. The van der Waals surface area contributed by atoms with E-state index in [1.54, 1.807) is 0 Å². The summed E-state index contributed by atoms with van der Waals surface area (Å²) in [6.45, 7) is 13.0. The molecule has 4 nitrogen and oxygen atoms in total. The molecule has 1 saturated heterocycles. The van der Waals surface area contributed by atoms with Gasteiger partial charge in [-0.1, -0.05) is 20.8 Å². The molecule has 0 saturated carbocycles. The largest absolute Gasteiger partial charge is 0.389 e. The Hall–Kier alpha value is -0.160. The summed E-state index contributed by atoms with van der Waals surface area (Å²) in [5, 5.41) is 13.1. The Morgan fingerprint density at radius 1 is 1.11 bits per heavy atom. The van der Waals surface area contributed by atoms with Gasteiger partial charge in [-0.2, -0.15) is 0 Å². The highest BCUT2D eigenvalue weighted by molar-refractivity contribution is 4.70. The Bertz CT molecular complexity index is 218. The van der Waals surface area contributed by atoms with Gasteiger partial charge in [0.05, 0.1) is 12.7 Å². The molecule has 0 aromatic rings. The first kappa shape index (κ1) is 16.9. The van der Waals surface area contributed by atoms with E-state index in [1.807, 2.05) is 0 Å². The van der Waals surface area contributed by atoms with Crippen molar-refractivity contribution in [2.75, 3.05) is 45.9 Å². The molecule has 0 spiro atoms. The molecule has 0 amide bonds. The maximum atomic E-state index is 9.76. The van der Waals surface area contributed by atoms with Crippen LogP contribution in [-0.2, 0) is 4.74 Å². The second kappa shape index (κ2) is 9.70. The summed E-state index contributed by atoms with van der Waals surface area (Å²) < 4.78 is 5.42. The molecule has 1 aliphatic rings. The van der Waals surface area contributed by atoms with Crippen LogP contribution >= 0.6 is 0 Å². The van der Waals surface area contributed by atoms with Crippen LogP contribution in [0.4, 0.5) is 0 Å². The van der Waals surface area contributed by atoms with Crippen molar-refractivity contribution in [3.05, 3.63) is 0 Å². The molecule has 0 aliphatic carbocycles. The first-order valence-corrected chi connectivity index (χ1v) is 7.76. The summed E-state index contributed by atoms with van der Waals surface area (Å²) in [5.74, 6) is 1.17. The summed E-state index contributed by atoms with van der Waals surface area (Å²) in [6, 6.07) is 0. The molecule has 2 N–H and O–H groups in total. The molecule has 19 heavy (non-hydrogen) atoms. The van der Waals surface area contributed by atoms with Gasteiger partial charge >= 0.3 is 0 Å². The number of aliphatic hydroxyl groups excluding tert-OH is 1. The van der Waals surface area contributed by atoms with E-state index in [-0.39, 0.29) is 0 Å². The Morgan fingerprint density at radius 3 is 2.42 bits per heavy atom. The third-order valence-electron chi connectivity index (χ3n) is 3.40. The van der Waals surface area contributed by atoms with Crippen molar-refractivity contribution in [1.29, 1.82) is 0 Å². The third-order valence-corrected chi connectivity index (χ3v) is 3.40. The molecule has 1 aliphatic heterocycles. The lowest BCUT2D eigenvalue weighted by atomic mass is 10.1. The van der Waals surface area contributed by atoms with Crippen LogP contribution < -0.4 is 5.32 Å². The highest BCUT2D eigenvalue weighted by Crippen LogP contribution is 2.09. The van der Waals surface area contributed by atoms with Gasteiger partial charge in [0, 0.05) is 19.7 Å². The van der Waals surface area contributed by atoms with E-state index in [1.165, 1.54) is 32.5 Å². The third kappa shape index (κ3) is 8.58. The van der Waals surface area contributed by atoms with Crippen molar-refractivity contribution in [1.82, 2.24) is 10.2 Å². The van der Waals surface area contributed by atoms with Gasteiger partial charge in [-0.25, -0.2) is 0 Å². The number of rotatable bonds is 10. The van der Waals surface area contributed by atoms with E-state index in [4.69, 9.17) is 4.74 Å². The number of ether oxygens (including phenoxy) is 1. The molecule has 114 valence electrons. The molecule has 2 unspecified atom stereocenters. The van der Waals surface area contributed by atoms with Gasteiger partial charge in [0.2, 0.25) is 0 Å². The summed E-state index contributed by atoms with van der Waals surface area (Å²) in [7, 11) is 0. The predicted octanol–water partition coefficient (Wildman–Crippen LogP) is 1.34. The van der Waals surface area contributed by atoms with Crippen molar-refractivity contribution < 1.29 is 9.84 Å². The molecule has 2 atom stereocenters. The predicted molar refractivity (Wildman–Crippen MR) is 79.4 cm³/mol. The molecular formula is C15H32N2O2. The molecule has 1 fully saturated rings. The highest BCUT2D eigenvalue weighted by atomic mass is 16.5. The van der Waals surface area contributed by atoms with E-state index >= 15 is 0 Å². The van der Waals surface area contributed by atoms with Gasteiger partial charge in [0.25, 0.3) is 0 Å². The highest BCUT2D eigenvalue weighted by Gasteiger charge is 2.14. The molecule has 1 rings (SSSR count). The van der Waals surface area contributed by atoms with Crippen LogP contribution in [0, 0.1) is 11.8 Å². The molecule has 1 heterocycles. The van der Waals surface area contributed by atoms with Crippen LogP contribution in [0.1, 0.15) is 33.6 Å². The standard InChI is InChI=1S/C15H32N2O2/c1-13(2)11-19-12-15(18)9-16-8-14(3)10-17-6-4-5-7-17/h13-16,18H,4-12H2,1-3H3. The second-order valence-electron chi connectivity index (χ2n) is 6.36. The van der Waals surface area contributed by atoms with Crippen molar-refractivity contribution in [3.8, 4) is 0 Å². The number of hydrogen-bond donors (Lipinski definition) is 2. The lowest BCUT2D eigenvalue weighted by molar-refractivity contribution is 0.0258. The number of hydrogen-bond acceptors (Lipinski definition) is 4. The minimum absolute atomic E-state index is 0.391. The molecule has 0 bridgehead atoms. The van der Waals surface area contributed by atoms with E-state index in [2.05, 4.69) is 31.0 Å². The fourth-order valence-corrected chi connectivity index (χ4v) is 2.47. The van der Waals surface area contributed by atoms with Gasteiger partial charge in [-0.3, -0.25) is 0 Å². The summed E-state index contributed by atoms with van der Waals surface area (Å²) >= 11 is 0. The van der Waals surface area contributed by atoms with Crippen LogP contribution in [0.2, 0.25) is 0 Å². The van der Waals surface area contributed by atoms with Gasteiger partial charge in [0.15, 0.2) is 0 Å². The maximum Gasteiger partial charge on any atom is 0.0897 e. The molecule has 0 aromatic carbocycles. The van der Waals surface area contributed by atoms with Gasteiger partial charge in [-0.05, 0) is 44.3 Å². The van der Waals surface area contributed by atoms with E-state index < -0.39 is 6.10 Å². The Balaban J connectivity index is 1.96. The van der Waals surface area contributed by atoms with Crippen molar-refractivity contribution >= 4 is 0 Å². The number of likely N-dealkylation sites (tertiary alicyclic amines) is 1. The lowest BCUT2D eigenvalue weighted by Gasteiger charge is -2.21. The van der Waals surface area contributed by atoms with Crippen molar-refractivity contribution in [2.45, 2.75) is 39.7 Å². The number of nitrogens with one attached hydrogen (secondary N) is 1. The van der Waals surface area contributed by atoms with Crippen LogP contribution in [0.15, 0.2) is 0 Å². The SMILES string of the molecule is CC(C)COCC(O)CNCC(C)CN1CCCC1. The van der Waals surface area contributed by atoms with Gasteiger partial charge in [-0.15, -0.1) is 0 Å². The fraction of sp³-hybridized carbons (Fsp3) is 1.00. The normalized spacial score (nSPS) is 20.1. The minimum atomic E-state index is -0.391. The first-order valence-electron chi connectivity index (χ1n) is 7.76. The van der Waals surface area contributed by atoms with Gasteiger partial charge in [0.1, 0.15) is 0 Å². The summed E-state index contributed by atoms with van der Waals surface area (Å²) in [4.78, 5) is 2.54. The Morgan fingerprint density at radius 2 is 1.79 bits per heavy atom. The molecular weight excluding hydrogens is 240 g/mol. The van der Waals surface area contributed by atoms with Crippen LogP contribution in [0.25, 0.3) is 0 Å². The topological polar surface area (TPSA) is 44.7 Å². The van der Waals surface area contributed by atoms with Crippen molar-refractivity contribution in [3.63, 3.8) is 0 Å². The maximum absolute atomic E-state index is 9.76. The fourth-order valence-electron chi connectivity index (χ4n) is 2.47. The molecule has 0 aromatic heterocycles.